The summed E-state index contributed by atoms with van der Waals surface area (Å²) in [7, 11) is -3.58. The van der Waals surface area contributed by atoms with Gasteiger partial charge in [-0.05, 0) is 37.1 Å². The fourth-order valence-corrected chi connectivity index (χ4v) is 3.14. The molecular weight excluding hydrogens is 370 g/mol. The predicted molar refractivity (Wildman–Crippen MR) is 88.0 cm³/mol. The van der Waals surface area contributed by atoms with E-state index in [4.69, 9.17) is 20.8 Å². The van der Waals surface area contributed by atoms with Crippen molar-refractivity contribution in [3.8, 4) is 5.75 Å². The van der Waals surface area contributed by atoms with Crippen molar-refractivity contribution >= 4 is 27.3 Å². The number of hydrogen-bond donors (Lipinski definition) is 0. The SMILES string of the molecule is CS(=O)(=O)c1nnc([C@@H]2CCCN2C(=O)COc2ccc(Cl)cc2)o1. The van der Waals surface area contributed by atoms with Crippen LogP contribution in [0.4, 0.5) is 0 Å². The van der Waals surface area contributed by atoms with Gasteiger partial charge < -0.3 is 14.1 Å². The van der Waals surface area contributed by atoms with Crippen molar-refractivity contribution in [2.24, 2.45) is 0 Å². The molecule has 134 valence electrons. The summed E-state index contributed by atoms with van der Waals surface area (Å²) in [6.07, 6.45) is 2.37. The van der Waals surface area contributed by atoms with Crippen molar-refractivity contribution in [1.29, 1.82) is 0 Å². The lowest BCUT2D eigenvalue weighted by atomic mass is 10.2. The molecule has 1 aliphatic rings. The Morgan fingerprint density at radius 2 is 2.08 bits per heavy atom. The van der Waals surface area contributed by atoms with Gasteiger partial charge in [0.15, 0.2) is 6.61 Å². The van der Waals surface area contributed by atoms with E-state index in [9.17, 15) is 13.2 Å². The van der Waals surface area contributed by atoms with Crippen molar-refractivity contribution in [1.82, 2.24) is 15.1 Å². The molecule has 0 radical (unpaired) electrons. The lowest BCUT2D eigenvalue weighted by Gasteiger charge is -2.22. The maximum Gasteiger partial charge on any atom is 0.335 e. The molecule has 1 fully saturated rings. The molecule has 0 saturated carbocycles. The molecule has 1 aliphatic heterocycles. The second-order valence-corrected chi connectivity index (χ2v) is 8.00. The summed E-state index contributed by atoms with van der Waals surface area (Å²) in [5.74, 6) is 0.417. The van der Waals surface area contributed by atoms with Crippen molar-refractivity contribution in [2.45, 2.75) is 24.1 Å². The van der Waals surface area contributed by atoms with Gasteiger partial charge in [-0.1, -0.05) is 16.7 Å². The summed E-state index contributed by atoms with van der Waals surface area (Å²) >= 11 is 5.80. The van der Waals surface area contributed by atoms with Crippen molar-refractivity contribution in [2.75, 3.05) is 19.4 Å². The van der Waals surface area contributed by atoms with Gasteiger partial charge in [0.25, 0.3) is 5.91 Å². The zero-order valence-corrected chi connectivity index (χ0v) is 15.0. The molecule has 1 saturated heterocycles. The zero-order valence-electron chi connectivity index (χ0n) is 13.4. The van der Waals surface area contributed by atoms with Gasteiger partial charge in [0.1, 0.15) is 11.8 Å². The Morgan fingerprint density at radius 3 is 2.72 bits per heavy atom. The van der Waals surface area contributed by atoms with Gasteiger partial charge in [0.05, 0.1) is 0 Å². The molecule has 10 heteroatoms. The largest absolute Gasteiger partial charge is 0.484 e. The van der Waals surface area contributed by atoms with E-state index in [1.165, 1.54) is 0 Å². The second-order valence-electron chi connectivity index (χ2n) is 5.67. The van der Waals surface area contributed by atoms with Crippen LogP contribution in [0.25, 0.3) is 0 Å². The van der Waals surface area contributed by atoms with Crippen LogP contribution in [-0.4, -0.2) is 48.8 Å². The molecule has 0 aliphatic carbocycles. The predicted octanol–water partition coefficient (Wildman–Crippen LogP) is 1.87. The van der Waals surface area contributed by atoms with E-state index < -0.39 is 21.1 Å². The summed E-state index contributed by atoms with van der Waals surface area (Å²) in [4.78, 5) is 14.0. The van der Waals surface area contributed by atoms with E-state index in [1.807, 2.05) is 0 Å². The number of nitrogens with zero attached hydrogens (tertiary/aromatic N) is 3. The minimum absolute atomic E-state index is 0.123. The normalized spacial score (nSPS) is 17.7. The number of sulfone groups is 1. The highest BCUT2D eigenvalue weighted by Crippen LogP contribution is 2.31. The fraction of sp³-hybridized carbons (Fsp3) is 0.400. The third-order valence-corrected chi connectivity index (χ3v) is 4.82. The number of amides is 1. The lowest BCUT2D eigenvalue weighted by molar-refractivity contribution is -0.134. The summed E-state index contributed by atoms with van der Waals surface area (Å²) < 4.78 is 33.6. The van der Waals surface area contributed by atoms with Crippen LogP contribution in [0.5, 0.6) is 5.75 Å². The second kappa shape index (κ2) is 7.01. The van der Waals surface area contributed by atoms with Crippen LogP contribution in [0.15, 0.2) is 33.9 Å². The molecule has 1 aromatic heterocycles. The average Bonchev–Trinajstić information content (AvgIpc) is 3.22. The maximum atomic E-state index is 12.4. The first kappa shape index (κ1) is 17.7. The van der Waals surface area contributed by atoms with E-state index in [1.54, 1.807) is 29.2 Å². The molecule has 2 heterocycles. The van der Waals surface area contributed by atoms with E-state index >= 15 is 0 Å². The number of benzene rings is 1. The van der Waals surface area contributed by atoms with Gasteiger partial charge in [-0.2, -0.15) is 0 Å². The van der Waals surface area contributed by atoms with Crippen LogP contribution in [-0.2, 0) is 14.6 Å². The van der Waals surface area contributed by atoms with Crippen LogP contribution in [0.2, 0.25) is 5.02 Å². The van der Waals surface area contributed by atoms with Crippen LogP contribution < -0.4 is 4.74 Å². The molecule has 0 N–H and O–H groups in total. The first-order valence-corrected chi connectivity index (χ1v) is 9.83. The molecule has 1 amide bonds. The number of carbonyl (C=O) groups is 1. The molecule has 1 atom stereocenters. The zero-order chi connectivity index (χ0) is 18.0. The molecule has 25 heavy (non-hydrogen) atoms. The Hall–Kier alpha value is -2.13. The molecule has 1 aromatic carbocycles. The van der Waals surface area contributed by atoms with Crippen molar-refractivity contribution in [3.63, 3.8) is 0 Å². The van der Waals surface area contributed by atoms with E-state index in [0.717, 1.165) is 12.7 Å². The molecular formula is C15H16ClN3O5S. The number of rotatable bonds is 5. The minimum Gasteiger partial charge on any atom is -0.484 e. The van der Waals surface area contributed by atoms with Gasteiger partial charge in [0, 0.05) is 17.8 Å². The number of halogens is 1. The fourth-order valence-electron chi connectivity index (χ4n) is 2.59. The van der Waals surface area contributed by atoms with Crippen LogP contribution in [0, 0.1) is 0 Å². The first-order valence-electron chi connectivity index (χ1n) is 7.56. The lowest BCUT2D eigenvalue weighted by Crippen LogP contribution is -2.34. The number of ether oxygens (including phenoxy) is 1. The monoisotopic (exact) mass is 385 g/mol. The third-order valence-electron chi connectivity index (χ3n) is 3.77. The summed E-state index contributed by atoms with van der Waals surface area (Å²) in [6, 6.07) is 6.25. The summed E-state index contributed by atoms with van der Waals surface area (Å²) in [5.41, 5.74) is 0. The first-order chi connectivity index (χ1) is 11.8. The summed E-state index contributed by atoms with van der Waals surface area (Å²) in [6.45, 7) is 0.370. The quantitative estimate of drug-likeness (QED) is 0.773. The van der Waals surface area contributed by atoms with E-state index in [0.29, 0.717) is 23.7 Å². The highest BCUT2D eigenvalue weighted by atomic mass is 35.5. The molecule has 8 nitrogen and oxygen atoms in total. The highest BCUT2D eigenvalue weighted by molar-refractivity contribution is 7.90. The van der Waals surface area contributed by atoms with Gasteiger partial charge in [0.2, 0.25) is 15.7 Å². The van der Waals surface area contributed by atoms with Crippen LogP contribution >= 0.6 is 11.6 Å². The van der Waals surface area contributed by atoms with E-state index in [2.05, 4.69) is 10.2 Å². The van der Waals surface area contributed by atoms with E-state index in [-0.39, 0.29) is 18.4 Å². The van der Waals surface area contributed by atoms with Gasteiger partial charge in [-0.15, -0.1) is 5.10 Å². The average molecular weight is 386 g/mol. The molecule has 3 rings (SSSR count). The number of hydrogen-bond acceptors (Lipinski definition) is 7. The Balaban J connectivity index is 1.67. The summed E-state index contributed by atoms with van der Waals surface area (Å²) in [5, 5.41) is 7.46. The van der Waals surface area contributed by atoms with Crippen LogP contribution in [0.1, 0.15) is 24.8 Å². The van der Waals surface area contributed by atoms with Gasteiger partial charge >= 0.3 is 5.22 Å². The Kier molecular flexibility index (Phi) is 4.96. The van der Waals surface area contributed by atoms with Crippen molar-refractivity contribution < 1.29 is 22.4 Å². The molecule has 2 aromatic rings. The Bertz CT molecular complexity index is 866. The van der Waals surface area contributed by atoms with Crippen LogP contribution in [0.3, 0.4) is 0 Å². The highest BCUT2D eigenvalue weighted by Gasteiger charge is 2.34. The molecule has 0 spiro atoms. The Labute approximate surface area is 149 Å². The third kappa shape index (κ3) is 4.10. The maximum absolute atomic E-state index is 12.4. The van der Waals surface area contributed by atoms with Gasteiger partial charge in [-0.25, -0.2) is 8.42 Å². The smallest absolute Gasteiger partial charge is 0.335 e. The minimum atomic E-state index is -3.58. The Morgan fingerprint density at radius 1 is 1.36 bits per heavy atom. The van der Waals surface area contributed by atoms with Crippen molar-refractivity contribution in [3.05, 3.63) is 35.2 Å². The number of carbonyl (C=O) groups excluding carboxylic acids is 1. The van der Waals surface area contributed by atoms with Gasteiger partial charge in [-0.3, -0.25) is 4.79 Å². The number of likely N-dealkylation sites (tertiary alicyclic amines) is 1. The number of aromatic nitrogens is 2. The molecule has 0 unspecified atom stereocenters. The topological polar surface area (TPSA) is 103 Å². The molecule has 0 bridgehead atoms. The standard InChI is InChI=1S/C15H16ClN3O5S/c1-25(21,22)15-18-17-14(24-15)12-3-2-8-19(12)13(20)9-23-11-6-4-10(16)5-7-11/h4-7,12H,2-3,8-9H2,1H3/t12-/m0/s1.